The van der Waals surface area contributed by atoms with Crippen molar-refractivity contribution in [1.29, 1.82) is 0 Å². The van der Waals surface area contributed by atoms with E-state index < -0.39 is 17.8 Å². The van der Waals surface area contributed by atoms with Crippen molar-refractivity contribution in [2.45, 2.75) is 18.6 Å². The summed E-state index contributed by atoms with van der Waals surface area (Å²) in [6, 6.07) is 7.83. The molecule has 0 aliphatic carbocycles. The molecule has 2 unspecified atom stereocenters. The Bertz CT molecular complexity index is 837. The Morgan fingerprint density at radius 2 is 2.28 bits per heavy atom. The summed E-state index contributed by atoms with van der Waals surface area (Å²) in [5.74, 6) is -0.574. The lowest BCUT2D eigenvalue weighted by Crippen LogP contribution is -2.35. The number of nitrogens with zero attached hydrogens (tertiary/aromatic N) is 2. The molecule has 0 spiro atoms. The van der Waals surface area contributed by atoms with Gasteiger partial charge in [-0.2, -0.15) is 0 Å². The first kappa shape index (κ1) is 21.5. The minimum absolute atomic E-state index is 0.000124. The van der Waals surface area contributed by atoms with Crippen molar-refractivity contribution in [1.82, 2.24) is 15.2 Å². The number of pyridine rings is 1. The van der Waals surface area contributed by atoms with E-state index in [-0.39, 0.29) is 24.0 Å². The first-order valence-corrected chi connectivity index (χ1v) is 10.1. The van der Waals surface area contributed by atoms with Gasteiger partial charge in [0.2, 0.25) is 5.88 Å². The van der Waals surface area contributed by atoms with E-state index in [1.54, 1.807) is 12.3 Å². The molecule has 2 N–H and O–H groups in total. The van der Waals surface area contributed by atoms with Crippen LogP contribution in [0, 0.1) is 5.82 Å². The Balaban J connectivity index is 1.48. The van der Waals surface area contributed by atoms with Crippen molar-refractivity contribution in [2.24, 2.45) is 0 Å². The molecule has 29 heavy (non-hydrogen) atoms. The van der Waals surface area contributed by atoms with Gasteiger partial charge in [0.05, 0.1) is 0 Å². The van der Waals surface area contributed by atoms with Crippen LogP contribution in [0.15, 0.2) is 41.0 Å². The number of likely N-dealkylation sites (tertiary alicyclic amines) is 1. The first-order chi connectivity index (χ1) is 14.0. The summed E-state index contributed by atoms with van der Waals surface area (Å²) in [6.07, 6.45) is 1.72. The third-order valence-corrected chi connectivity index (χ3v) is 5.02. The molecule has 1 saturated heterocycles. The fourth-order valence-electron chi connectivity index (χ4n) is 3.17. The van der Waals surface area contributed by atoms with Gasteiger partial charge in [-0.15, -0.1) is 0 Å². The van der Waals surface area contributed by atoms with Crippen LogP contribution in [0.4, 0.5) is 4.39 Å². The lowest BCUT2D eigenvalue weighted by molar-refractivity contribution is 0.0705. The van der Waals surface area contributed by atoms with Crippen molar-refractivity contribution in [3.8, 4) is 11.6 Å². The number of amides is 1. The maximum atomic E-state index is 14.0. The van der Waals surface area contributed by atoms with Crippen LogP contribution in [0.3, 0.4) is 0 Å². The zero-order valence-electron chi connectivity index (χ0n) is 16.0. The Morgan fingerprint density at radius 3 is 3.00 bits per heavy atom. The zero-order valence-corrected chi connectivity index (χ0v) is 17.6. The van der Waals surface area contributed by atoms with E-state index >= 15 is 0 Å². The standard InChI is InChI=1S/C20H23BrFN3O4/c1-23-20(27)19-16(22)3-2-4-17(19)28-12-14(26)10-25-8-7-15(11-25)29-18-6-5-13(21)9-24-18/h2-6,9,14-15,26H,7-8,10-12H2,1H3,(H,23,27). The minimum atomic E-state index is -0.791. The van der Waals surface area contributed by atoms with Crippen LogP contribution < -0.4 is 14.8 Å². The number of hydrogen-bond acceptors (Lipinski definition) is 6. The molecule has 1 amide bonds. The lowest BCUT2D eigenvalue weighted by Gasteiger charge is -2.21. The van der Waals surface area contributed by atoms with Crippen molar-refractivity contribution in [3.05, 3.63) is 52.4 Å². The topological polar surface area (TPSA) is 83.9 Å². The number of aliphatic hydroxyl groups is 1. The number of ether oxygens (including phenoxy) is 2. The second-order valence-electron chi connectivity index (χ2n) is 6.76. The van der Waals surface area contributed by atoms with Gasteiger partial charge >= 0.3 is 0 Å². The average molecular weight is 468 g/mol. The molecule has 1 aromatic carbocycles. The highest BCUT2D eigenvalue weighted by molar-refractivity contribution is 9.10. The summed E-state index contributed by atoms with van der Waals surface area (Å²) >= 11 is 3.34. The SMILES string of the molecule is CNC(=O)c1c(F)cccc1OCC(O)CN1CCC(Oc2ccc(Br)cn2)C1. The van der Waals surface area contributed by atoms with Crippen LogP contribution in [-0.2, 0) is 0 Å². The van der Waals surface area contributed by atoms with E-state index in [1.807, 2.05) is 6.07 Å². The molecular weight excluding hydrogens is 445 g/mol. The highest BCUT2D eigenvalue weighted by atomic mass is 79.9. The van der Waals surface area contributed by atoms with E-state index in [4.69, 9.17) is 9.47 Å². The fraction of sp³-hybridized carbons (Fsp3) is 0.400. The summed E-state index contributed by atoms with van der Waals surface area (Å²) in [6.45, 7) is 1.78. The lowest BCUT2D eigenvalue weighted by atomic mass is 10.1. The largest absolute Gasteiger partial charge is 0.490 e. The van der Waals surface area contributed by atoms with Gasteiger partial charge in [-0.05, 0) is 40.5 Å². The van der Waals surface area contributed by atoms with Gasteiger partial charge in [0, 0.05) is 43.4 Å². The molecule has 2 atom stereocenters. The van der Waals surface area contributed by atoms with Crippen LogP contribution >= 0.6 is 15.9 Å². The van der Waals surface area contributed by atoms with E-state index in [0.717, 1.165) is 17.4 Å². The van der Waals surface area contributed by atoms with Crippen molar-refractivity contribution in [2.75, 3.05) is 33.3 Å². The van der Waals surface area contributed by atoms with Crippen LogP contribution in [0.25, 0.3) is 0 Å². The first-order valence-electron chi connectivity index (χ1n) is 9.28. The molecule has 2 aromatic rings. The number of aliphatic hydroxyl groups excluding tert-OH is 1. The highest BCUT2D eigenvalue weighted by Gasteiger charge is 2.26. The number of halogens is 2. The van der Waals surface area contributed by atoms with Gasteiger partial charge in [-0.3, -0.25) is 9.69 Å². The number of aromatic nitrogens is 1. The van der Waals surface area contributed by atoms with Crippen LogP contribution in [0.1, 0.15) is 16.8 Å². The summed E-state index contributed by atoms with van der Waals surface area (Å²) < 4.78 is 26.2. The number of benzene rings is 1. The molecule has 0 saturated carbocycles. The molecule has 156 valence electrons. The van der Waals surface area contributed by atoms with Gasteiger partial charge in [-0.1, -0.05) is 6.07 Å². The molecule has 9 heteroatoms. The molecule has 0 radical (unpaired) electrons. The molecule has 2 heterocycles. The Labute approximate surface area is 177 Å². The highest BCUT2D eigenvalue weighted by Crippen LogP contribution is 2.22. The van der Waals surface area contributed by atoms with Gasteiger partial charge in [-0.25, -0.2) is 9.37 Å². The molecule has 7 nitrogen and oxygen atoms in total. The summed E-state index contributed by atoms with van der Waals surface area (Å²) in [7, 11) is 1.42. The van der Waals surface area contributed by atoms with Crippen LogP contribution in [0.2, 0.25) is 0 Å². The molecule has 1 aliphatic heterocycles. The predicted molar refractivity (Wildman–Crippen MR) is 109 cm³/mol. The molecule has 1 aromatic heterocycles. The average Bonchev–Trinajstić information content (AvgIpc) is 3.14. The smallest absolute Gasteiger partial charge is 0.257 e. The molecule has 0 bridgehead atoms. The van der Waals surface area contributed by atoms with E-state index in [1.165, 1.54) is 25.2 Å². The normalized spacial score (nSPS) is 17.7. The minimum Gasteiger partial charge on any atom is -0.490 e. The van der Waals surface area contributed by atoms with E-state index in [9.17, 15) is 14.3 Å². The Kier molecular flexibility index (Phi) is 7.40. The summed E-state index contributed by atoms with van der Waals surface area (Å²) in [5.41, 5.74) is -0.168. The van der Waals surface area contributed by atoms with Crippen LogP contribution in [-0.4, -0.2) is 66.4 Å². The van der Waals surface area contributed by atoms with E-state index in [2.05, 4.69) is 31.1 Å². The second kappa shape index (κ2) is 10.00. The van der Waals surface area contributed by atoms with Gasteiger partial charge in [0.15, 0.2) is 0 Å². The molecular formula is C20H23BrFN3O4. The molecule has 1 fully saturated rings. The summed E-state index contributed by atoms with van der Waals surface area (Å²) in [5, 5.41) is 12.7. The number of β-amino-alcohol motifs (C(OH)–C–C–N with tert-alkyl or cyclic N) is 1. The van der Waals surface area contributed by atoms with Gasteiger partial charge < -0.3 is 19.9 Å². The van der Waals surface area contributed by atoms with Crippen molar-refractivity contribution < 1.29 is 23.8 Å². The van der Waals surface area contributed by atoms with Crippen molar-refractivity contribution in [3.63, 3.8) is 0 Å². The fourth-order valence-corrected chi connectivity index (χ4v) is 3.40. The zero-order chi connectivity index (χ0) is 20.8. The number of nitrogens with one attached hydrogen (secondary N) is 1. The number of carbonyl (C=O) groups is 1. The van der Waals surface area contributed by atoms with Crippen LogP contribution in [0.5, 0.6) is 11.6 Å². The summed E-state index contributed by atoms with van der Waals surface area (Å²) in [4.78, 5) is 18.1. The third-order valence-electron chi connectivity index (χ3n) is 4.55. The number of rotatable bonds is 8. The predicted octanol–water partition coefficient (Wildman–Crippen LogP) is 2.24. The van der Waals surface area contributed by atoms with Gasteiger partial charge in [0.1, 0.15) is 35.9 Å². The van der Waals surface area contributed by atoms with Crippen molar-refractivity contribution >= 4 is 21.8 Å². The van der Waals surface area contributed by atoms with E-state index in [0.29, 0.717) is 19.0 Å². The quantitative estimate of drug-likeness (QED) is 0.619. The Morgan fingerprint density at radius 1 is 1.45 bits per heavy atom. The number of hydrogen-bond donors (Lipinski definition) is 2. The third kappa shape index (κ3) is 5.88. The number of carbonyl (C=O) groups excluding carboxylic acids is 1. The monoisotopic (exact) mass is 467 g/mol. The second-order valence-corrected chi connectivity index (χ2v) is 7.68. The Hall–Kier alpha value is -2.23. The molecule has 1 aliphatic rings. The molecule has 3 rings (SSSR count). The van der Waals surface area contributed by atoms with Gasteiger partial charge in [0.25, 0.3) is 5.91 Å². The maximum absolute atomic E-state index is 14.0. The maximum Gasteiger partial charge on any atom is 0.257 e.